The molecule has 0 spiro atoms. The maximum Gasteiger partial charge on any atom is 0.264 e. The van der Waals surface area contributed by atoms with E-state index in [1.54, 1.807) is 61.5 Å². The lowest BCUT2D eigenvalue weighted by atomic mass is 10.2. The molecule has 0 saturated heterocycles. The maximum absolute atomic E-state index is 12.5. The molecule has 0 aliphatic carbocycles. The number of thiocarbonyl (C=S) groups is 1. The average Bonchev–Trinajstić information content (AvgIpc) is 2.73. The Bertz CT molecular complexity index is 1160. The van der Waals surface area contributed by atoms with E-state index in [2.05, 4.69) is 30.9 Å². The molecule has 0 aliphatic heterocycles. The zero-order valence-electron chi connectivity index (χ0n) is 15.8. The first kappa shape index (κ1) is 21.1. The SMILES string of the molecule is Cc1cc(NNC(=S)NC(=O)c2ccccc2)nc(NS(=O)(=O)c2ccccc2)n1. The lowest BCUT2D eigenvalue weighted by molar-refractivity contribution is 0.0977. The highest BCUT2D eigenvalue weighted by Gasteiger charge is 2.16. The molecular formula is C19H18N6O3S2. The first-order valence-corrected chi connectivity index (χ1v) is 10.6. The molecular weight excluding hydrogens is 424 g/mol. The number of anilines is 2. The second-order valence-electron chi connectivity index (χ2n) is 6.04. The summed E-state index contributed by atoms with van der Waals surface area (Å²) in [6.07, 6.45) is 0. The number of hydrogen-bond acceptors (Lipinski definition) is 7. The summed E-state index contributed by atoms with van der Waals surface area (Å²) in [5, 5.41) is 2.54. The standard InChI is InChI=1S/C19H18N6O3S2/c1-13-12-16(23-24-19(29)22-17(26)14-8-4-2-5-9-14)21-18(20-13)25-30(27,28)15-10-6-3-7-11-15/h2-12H,1H3,(H2,20,21,23,25)(H2,22,24,26,29). The van der Waals surface area contributed by atoms with E-state index in [-0.39, 0.29) is 27.7 Å². The highest BCUT2D eigenvalue weighted by atomic mass is 32.2. The van der Waals surface area contributed by atoms with Gasteiger partial charge in [0.1, 0.15) is 5.82 Å². The highest BCUT2D eigenvalue weighted by molar-refractivity contribution is 7.92. The summed E-state index contributed by atoms with van der Waals surface area (Å²) in [6.45, 7) is 1.68. The molecule has 1 amide bonds. The fourth-order valence-corrected chi connectivity index (χ4v) is 3.48. The predicted molar refractivity (Wildman–Crippen MR) is 117 cm³/mol. The minimum atomic E-state index is -3.83. The highest BCUT2D eigenvalue weighted by Crippen LogP contribution is 2.15. The smallest absolute Gasteiger partial charge is 0.264 e. The minimum absolute atomic E-state index is 0.0199. The van der Waals surface area contributed by atoms with Gasteiger partial charge in [0.25, 0.3) is 15.9 Å². The maximum atomic E-state index is 12.5. The van der Waals surface area contributed by atoms with Crippen molar-refractivity contribution in [1.82, 2.24) is 20.7 Å². The van der Waals surface area contributed by atoms with Crippen LogP contribution in [0, 0.1) is 6.92 Å². The van der Waals surface area contributed by atoms with Gasteiger partial charge in [-0.15, -0.1) is 0 Å². The van der Waals surface area contributed by atoms with Crippen LogP contribution in [0.25, 0.3) is 0 Å². The topological polar surface area (TPSA) is 125 Å². The third kappa shape index (κ3) is 5.72. The molecule has 0 radical (unpaired) electrons. The van der Waals surface area contributed by atoms with Crippen LogP contribution in [0.15, 0.2) is 71.6 Å². The quantitative estimate of drug-likeness (QED) is 0.338. The van der Waals surface area contributed by atoms with E-state index in [0.29, 0.717) is 11.3 Å². The molecule has 0 atom stereocenters. The monoisotopic (exact) mass is 442 g/mol. The minimum Gasteiger partial charge on any atom is -0.298 e. The second kappa shape index (κ2) is 9.29. The molecule has 3 rings (SSSR count). The Morgan fingerprint density at radius 3 is 2.27 bits per heavy atom. The van der Waals surface area contributed by atoms with Crippen molar-refractivity contribution < 1.29 is 13.2 Å². The zero-order chi connectivity index (χ0) is 21.6. The average molecular weight is 443 g/mol. The van der Waals surface area contributed by atoms with Gasteiger partial charge in [-0.3, -0.25) is 21.0 Å². The van der Waals surface area contributed by atoms with E-state index in [9.17, 15) is 13.2 Å². The molecule has 0 aliphatic rings. The van der Waals surface area contributed by atoms with Crippen molar-refractivity contribution in [2.24, 2.45) is 0 Å². The molecule has 30 heavy (non-hydrogen) atoms. The normalized spacial score (nSPS) is 10.7. The number of carbonyl (C=O) groups is 1. The molecule has 3 aromatic rings. The van der Waals surface area contributed by atoms with Gasteiger partial charge >= 0.3 is 0 Å². The largest absolute Gasteiger partial charge is 0.298 e. The molecule has 0 saturated carbocycles. The predicted octanol–water partition coefficient (Wildman–Crippen LogP) is 2.22. The first-order chi connectivity index (χ1) is 14.3. The summed E-state index contributed by atoms with van der Waals surface area (Å²) in [6, 6.07) is 18.1. The Hall–Kier alpha value is -3.57. The van der Waals surface area contributed by atoms with Crippen LogP contribution in [0.1, 0.15) is 16.1 Å². The number of aryl methyl sites for hydroxylation is 1. The van der Waals surface area contributed by atoms with Crippen molar-refractivity contribution in [3.63, 3.8) is 0 Å². The summed E-state index contributed by atoms with van der Waals surface area (Å²) in [5.41, 5.74) is 6.32. The van der Waals surface area contributed by atoms with Gasteiger partial charge in [0.05, 0.1) is 4.90 Å². The number of carbonyl (C=O) groups excluding carboxylic acids is 1. The summed E-state index contributed by atoms with van der Waals surface area (Å²) in [5.74, 6) is -0.225. The van der Waals surface area contributed by atoms with Crippen molar-refractivity contribution in [3.05, 3.63) is 78.0 Å². The van der Waals surface area contributed by atoms with Gasteiger partial charge in [-0.2, -0.15) is 4.98 Å². The van der Waals surface area contributed by atoms with Gasteiger partial charge in [-0.05, 0) is 43.4 Å². The van der Waals surface area contributed by atoms with E-state index in [1.807, 2.05) is 0 Å². The molecule has 0 bridgehead atoms. The van der Waals surface area contributed by atoms with Crippen molar-refractivity contribution in [2.45, 2.75) is 11.8 Å². The number of hydrogen-bond donors (Lipinski definition) is 4. The van der Waals surface area contributed by atoms with Gasteiger partial charge in [0.15, 0.2) is 5.11 Å². The number of benzene rings is 2. The molecule has 154 valence electrons. The Balaban J connectivity index is 1.64. The Labute approximate surface area is 179 Å². The molecule has 0 unspecified atom stereocenters. The Morgan fingerprint density at radius 2 is 1.60 bits per heavy atom. The Morgan fingerprint density at radius 1 is 0.967 bits per heavy atom. The molecule has 1 heterocycles. The van der Waals surface area contributed by atoms with Crippen molar-refractivity contribution in [3.8, 4) is 0 Å². The van der Waals surface area contributed by atoms with E-state index in [4.69, 9.17) is 12.2 Å². The van der Waals surface area contributed by atoms with Crippen LogP contribution in [-0.4, -0.2) is 29.4 Å². The molecule has 9 nitrogen and oxygen atoms in total. The molecule has 4 N–H and O–H groups in total. The third-order valence-electron chi connectivity index (χ3n) is 3.70. The zero-order valence-corrected chi connectivity index (χ0v) is 17.4. The lowest BCUT2D eigenvalue weighted by Gasteiger charge is -2.13. The van der Waals surface area contributed by atoms with Crippen LogP contribution in [0.5, 0.6) is 0 Å². The van der Waals surface area contributed by atoms with E-state index in [0.717, 1.165) is 0 Å². The van der Waals surface area contributed by atoms with Gasteiger partial charge in [-0.1, -0.05) is 36.4 Å². The van der Waals surface area contributed by atoms with Crippen LogP contribution >= 0.6 is 12.2 Å². The number of rotatable bonds is 6. The number of amides is 1. The van der Waals surface area contributed by atoms with E-state index < -0.39 is 10.0 Å². The molecule has 2 aromatic carbocycles. The van der Waals surface area contributed by atoms with Gasteiger partial charge < -0.3 is 0 Å². The van der Waals surface area contributed by atoms with Crippen LogP contribution in [0.3, 0.4) is 0 Å². The molecule has 11 heteroatoms. The lowest BCUT2D eigenvalue weighted by Crippen LogP contribution is -2.42. The summed E-state index contributed by atoms with van der Waals surface area (Å²) in [4.78, 5) is 20.4. The van der Waals surface area contributed by atoms with Crippen LogP contribution in [0.4, 0.5) is 11.8 Å². The molecule has 0 fully saturated rings. The number of hydrazine groups is 1. The summed E-state index contributed by atoms with van der Waals surface area (Å²) in [7, 11) is -3.83. The summed E-state index contributed by atoms with van der Waals surface area (Å²) < 4.78 is 27.2. The third-order valence-corrected chi connectivity index (χ3v) is 5.25. The van der Waals surface area contributed by atoms with E-state index >= 15 is 0 Å². The van der Waals surface area contributed by atoms with Crippen LogP contribution < -0.4 is 20.9 Å². The van der Waals surface area contributed by atoms with Crippen molar-refractivity contribution in [1.29, 1.82) is 0 Å². The fraction of sp³-hybridized carbons (Fsp3) is 0.0526. The number of sulfonamides is 1. The van der Waals surface area contributed by atoms with Crippen molar-refractivity contribution >= 4 is 45.0 Å². The van der Waals surface area contributed by atoms with Gasteiger partial charge in [0, 0.05) is 17.3 Å². The fourth-order valence-electron chi connectivity index (χ4n) is 2.37. The first-order valence-electron chi connectivity index (χ1n) is 8.69. The van der Waals surface area contributed by atoms with Crippen LogP contribution in [-0.2, 0) is 10.0 Å². The van der Waals surface area contributed by atoms with Gasteiger partial charge in [0.2, 0.25) is 5.95 Å². The Kier molecular flexibility index (Phi) is 6.54. The molecule has 1 aromatic heterocycles. The number of nitrogens with zero attached hydrogens (tertiary/aromatic N) is 2. The van der Waals surface area contributed by atoms with E-state index in [1.165, 1.54) is 12.1 Å². The summed E-state index contributed by atoms with van der Waals surface area (Å²) >= 11 is 5.09. The number of aromatic nitrogens is 2. The second-order valence-corrected chi connectivity index (χ2v) is 8.13. The van der Waals surface area contributed by atoms with Crippen molar-refractivity contribution in [2.75, 3.05) is 10.1 Å². The number of nitrogens with one attached hydrogen (secondary N) is 4. The van der Waals surface area contributed by atoms with Gasteiger partial charge in [-0.25, -0.2) is 18.1 Å². The van der Waals surface area contributed by atoms with Crippen LogP contribution in [0.2, 0.25) is 0 Å².